The number of nitrogens with zero attached hydrogens (tertiary/aromatic N) is 2. The first kappa shape index (κ1) is 18.7. The number of aryl methyl sites for hydroxylation is 1. The van der Waals surface area contributed by atoms with Crippen LogP contribution in [0.1, 0.15) is 32.3 Å². The standard InChI is InChI=1S/C20H29N3O3/c1-14(2)19(23-8-4-5-18(23)24)20(25)21-17-7-6-16(13-15(17)3)22-9-11-26-12-10-22/h6-7,13-14,19H,4-5,8-12H2,1-3H3,(H,21,25). The topological polar surface area (TPSA) is 61.9 Å². The largest absolute Gasteiger partial charge is 0.378 e. The Morgan fingerprint density at radius 1 is 1.19 bits per heavy atom. The molecule has 2 amide bonds. The van der Waals surface area contributed by atoms with Crippen molar-refractivity contribution in [2.24, 2.45) is 5.92 Å². The van der Waals surface area contributed by atoms with Crippen LogP contribution in [0, 0.1) is 12.8 Å². The molecule has 0 saturated carbocycles. The van der Waals surface area contributed by atoms with Gasteiger partial charge in [0.2, 0.25) is 11.8 Å². The van der Waals surface area contributed by atoms with Crippen molar-refractivity contribution in [3.05, 3.63) is 23.8 Å². The van der Waals surface area contributed by atoms with E-state index >= 15 is 0 Å². The summed E-state index contributed by atoms with van der Waals surface area (Å²) in [5.41, 5.74) is 2.99. The van der Waals surface area contributed by atoms with Gasteiger partial charge in [0.1, 0.15) is 6.04 Å². The zero-order valence-corrected chi connectivity index (χ0v) is 16.0. The molecule has 2 heterocycles. The van der Waals surface area contributed by atoms with Gasteiger partial charge in [0.15, 0.2) is 0 Å². The maximum absolute atomic E-state index is 12.9. The molecule has 2 aliphatic rings. The fraction of sp³-hybridized carbons (Fsp3) is 0.600. The normalized spacial score (nSPS) is 19.2. The number of benzene rings is 1. The summed E-state index contributed by atoms with van der Waals surface area (Å²) in [7, 11) is 0. The van der Waals surface area contributed by atoms with Gasteiger partial charge >= 0.3 is 0 Å². The number of morpholine rings is 1. The second-order valence-corrected chi connectivity index (χ2v) is 7.47. The van der Waals surface area contributed by atoms with Crippen molar-refractivity contribution in [1.29, 1.82) is 0 Å². The molecule has 0 radical (unpaired) electrons. The summed E-state index contributed by atoms with van der Waals surface area (Å²) in [6.07, 6.45) is 1.38. The van der Waals surface area contributed by atoms with E-state index in [4.69, 9.17) is 4.74 Å². The molecule has 1 aromatic rings. The number of hydrogen-bond donors (Lipinski definition) is 1. The molecule has 1 unspecified atom stereocenters. The summed E-state index contributed by atoms with van der Waals surface area (Å²) in [6.45, 7) is 9.92. The molecule has 142 valence electrons. The molecule has 6 heteroatoms. The van der Waals surface area contributed by atoms with Crippen molar-refractivity contribution < 1.29 is 14.3 Å². The minimum absolute atomic E-state index is 0.0741. The molecule has 1 aromatic carbocycles. The molecular formula is C20H29N3O3. The van der Waals surface area contributed by atoms with Crippen molar-refractivity contribution in [3.8, 4) is 0 Å². The molecule has 1 atom stereocenters. The Morgan fingerprint density at radius 2 is 1.92 bits per heavy atom. The van der Waals surface area contributed by atoms with Gasteiger partial charge in [-0.3, -0.25) is 9.59 Å². The van der Waals surface area contributed by atoms with Crippen LogP contribution in [0.25, 0.3) is 0 Å². The summed E-state index contributed by atoms with van der Waals surface area (Å²) < 4.78 is 5.40. The lowest BCUT2D eigenvalue weighted by atomic mass is 10.0. The van der Waals surface area contributed by atoms with Crippen LogP contribution in [0.3, 0.4) is 0 Å². The van der Waals surface area contributed by atoms with Crippen LogP contribution in [0.15, 0.2) is 18.2 Å². The van der Waals surface area contributed by atoms with Crippen LogP contribution < -0.4 is 10.2 Å². The van der Waals surface area contributed by atoms with Gasteiger partial charge in [0.05, 0.1) is 13.2 Å². The van der Waals surface area contributed by atoms with E-state index in [2.05, 4.69) is 16.3 Å². The maximum atomic E-state index is 12.9. The van der Waals surface area contributed by atoms with Crippen molar-refractivity contribution >= 4 is 23.2 Å². The number of hydrogen-bond acceptors (Lipinski definition) is 4. The van der Waals surface area contributed by atoms with E-state index in [0.29, 0.717) is 13.0 Å². The van der Waals surface area contributed by atoms with Crippen LogP contribution in [-0.4, -0.2) is 55.6 Å². The Labute approximate surface area is 155 Å². The van der Waals surface area contributed by atoms with Crippen LogP contribution in [0.4, 0.5) is 11.4 Å². The fourth-order valence-corrected chi connectivity index (χ4v) is 3.78. The number of carbonyl (C=O) groups excluding carboxylic acids is 2. The van der Waals surface area contributed by atoms with Crippen LogP contribution in [-0.2, 0) is 14.3 Å². The Hall–Kier alpha value is -2.08. The van der Waals surface area contributed by atoms with E-state index < -0.39 is 6.04 Å². The van der Waals surface area contributed by atoms with E-state index in [1.165, 1.54) is 0 Å². The predicted octanol–water partition coefficient (Wildman–Crippen LogP) is 2.42. The maximum Gasteiger partial charge on any atom is 0.247 e. The second kappa shape index (κ2) is 8.08. The van der Waals surface area contributed by atoms with Crippen molar-refractivity contribution in [1.82, 2.24) is 4.90 Å². The van der Waals surface area contributed by atoms with E-state index in [-0.39, 0.29) is 17.7 Å². The molecule has 6 nitrogen and oxygen atoms in total. The molecule has 2 saturated heterocycles. The highest BCUT2D eigenvalue weighted by Gasteiger charge is 2.35. The summed E-state index contributed by atoms with van der Waals surface area (Å²) in [5.74, 6) is 0.0562. The highest BCUT2D eigenvalue weighted by atomic mass is 16.5. The summed E-state index contributed by atoms with van der Waals surface area (Å²) in [5, 5.41) is 3.04. The lowest BCUT2D eigenvalue weighted by molar-refractivity contribution is -0.136. The molecule has 3 rings (SSSR count). The molecule has 2 aliphatic heterocycles. The Balaban J connectivity index is 1.72. The predicted molar refractivity (Wildman–Crippen MR) is 102 cm³/mol. The van der Waals surface area contributed by atoms with Gasteiger partial charge in [0, 0.05) is 37.4 Å². The lowest BCUT2D eigenvalue weighted by Gasteiger charge is -2.31. The van der Waals surface area contributed by atoms with Gasteiger partial charge in [-0.25, -0.2) is 0 Å². The van der Waals surface area contributed by atoms with Crippen molar-refractivity contribution in [2.45, 2.75) is 39.7 Å². The minimum Gasteiger partial charge on any atom is -0.378 e. The molecule has 2 fully saturated rings. The monoisotopic (exact) mass is 359 g/mol. The molecular weight excluding hydrogens is 330 g/mol. The number of amides is 2. The third kappa shape index (κ3) is 4.01. The number of anilines is 2. The second-order valence-electron chi connectivity index (χ2n) is 7.47. The van der Waals surface area contributed by atoms with Crippen LogP contribution >= 0.6 is 0 Å². The first-order valence-electron chi connectivity index (χ1n) is 9.51. The lowest BCUT2D eigenvalue weighted by Crippen LogP contribution is -2.48. The Bertz CT molecular complexity index is 668. The Kier molecular flexibility index (Phi) is 5.81. The first-order valence-corrected chi connectivity index (χ1v) is 9.51. The summed E-state index contributed by atoms with van der Waals surface area (Å²) in [4.78, 5) is 29.0. The Morgan fingerprint density at radius 3 is 2.50 bits per heavy atom. The fourth-order valence-electron chi connectivity index (χ4n) is 3.78. The first-order chi connectivity index (χ1) is 12.5. The average Bonchev–Trinajstić information content (AvgIpc) is 3.03. The van der Waals surface area contributed by atoms with Gasteiger partial charge in [-0.1, -0.05) is 13.8 Å². The molecule has 0 aliphatic carbocycles. The SMILES string of the molecule is Cc1cc(N2CCOCC2)ccc1NC(=O)C(C(C)C)N1CCCC1=O. The number of rotatable bonds is 5. The van der Waals surface area contributed by atoms with E-state index in [1.54, 1.807) is 4.90 Å². The third-order valence-electron chi connectivity index (χ3n) is 5.19. The van der Waals surface area contributed by atoms with Gasteiger partial charge in [-0.05, 0) is 43.0 Å². The van der Waals surface area contributed by atoms with E-state index in [0.717, 1.165) is 49.7 Å². The summed E-state index contributed by atoms with van der Waals surface area (Å²) in [6, 6.07) is 5.69. The van der Waals surface area contributed by atoms with Crippen molar-refractivity contribution in [2.75, 3.05) is 43.1 Å². The zero-order chi connectivity index (χ0) is 18.7. The number of likely N-dealkylation sites (tertiary alicyclic amines) is 1. The van der Waals surface area contributed by atoms with Crippen LogP contribution in [0.2, 0.25) is 0 Å². The van der Waals surface area contributed by atoms with Gasteiger partial charge in [-0.15, -0.1) is 0 Å². The molecule has 26 heavy (non-hydrogen) atoms. The molecule has 0 aromatic heterocycles. The number of nitrogens with one attached hydrogen (secondary N) is 1. The van der Waals surface area contributed by atoms with Gasteiger partial charge in [-0.2, -0.15) is 0 Å². The highest BCUT2D eigenvalue weighted by molar-refractivity contribution is 5.98. The van der Waals surface area contributed by atoms with Crippen molar-refractivity contribution in [3.63, 3.8) is 0 Å². The van der Waals surface area contributed by atoms with E-state index in [9.17, 15) is 9.59 Å². The minimum atomic E-state index is -0.414. The van der Waals surface area contributed by atoms with Gasteiger partial charge in [0.25, 0.3) is 0 Å². The van der Waals surface area contributed by atoms with Crippen LogP contribution in [0.5, 0.6) is 0 Å². The smallest absolute Gasteiger partial charge is 0.247 e. The van der Waals surface area contributed by atoms with E-state index in [1.807, 2.05) is 32.9 Å². The molecule has 0 spiro atoms. The zero-order valence-electron chi connectivity index (χ0n) is 16.0. The number of carbonyl (C=O) groups is 2. The molecule has 0 bridgehead atoms. The molecule has 1 N–H and O–H groups in total. The quantitative estimate of drug-likeness (QED) is 0.877. The average molecular weight is 359 g/mol. The summed E-state index contributed by atoms with van der Waals surface area (Å²) >= 11 is 0. The number of ether oxygens (including phenoxy) is 1. The highest BCUT2D eigenvalue weighted by Crippen LogP contribution is 2.25. The third-order valence-corrected chi connectivity index (χ3v) is 5.19. The van der Waals surface area contributed by atoms with Gasteiger partial charge < -0.3 is 19.9 Å².